The third-order valence-corrected chi connectivity index (χ3v) is 3.89. The Balaban J connectivity index is 0.000000492. The van der Waals surface area contributed by atoms with E-state index < -0.39 is 9.84 Å². The standard InChI is InChI=1S/C12H10O2S.C2H7N/c13-15(14,11-7-3-1-4-8-11)12-9-5-2-6-10-12;1-3-2/h1-10H;3H,1-2H3. The van der Waals surface area contributed by atoms with Crippen LogP contribution in [0.25, 0.3) is 0 Å². The molecule has 0 saturated carbocycles. The lowest BCUT2D eigenvalue weighted by Gasteiger charge is -2.03. The molecular formula is C14H17NO2S. The van der Waals surface area contributed by atoms with Gasteiger partial charge in [-0.2, -0.15) is 0 Å². The van der Waals surface area contributed by atoms with Gasteiger partial charge >= 0.3 is 0 Å². The van der Waals surface area contributed by atoms with Crippen molar-refractivity contribution in [3.05, 3.63) is 60.7 Å². The van der Waals surface area contributed by atoms with Crippen molar-refractivity contribution in [2.45, 2.75) is 9.79 Å². The first-order chi connectivity index (χ1) is 8.62. The first-order valence-corrected chi connectivity index (χ1v) is 7.05. The van der Waals surface area contributed by atoms with Gasteiger partial charge in [-0.1, -0.05) is 36.4 Å². The Bertz CT molecular complexity index is 505. The SMILES string of the molecule is CNC.O=S(=O)(c1ccccc1)c1ccccc1. The molecule has 0 aliphatic heterocycles. The van der Waals surface area contributed by atoms with Crippen LogP contribution in [0, 0.1) is 0 Å². The summed E-state index contributed by atoms with van der Waals surface area (Å²) >= 11 is 0. The van der Waals surface area contributed by atoms with E-state index in [2.05, 4.69) is 5.32 Å². The Morgan fingerprint density at radius 2 is 1.00 bits per heavy atom. The van der Waals surface area contributed by atoms with Crippen molar-refractivity contribution >= 4 is 9.84 Å². The Kier molecular flexibility index (Phi) is 5.55. The lowest BCUT2D eigenvalue weighted by atomic mass is 10.4. The predicted molar refractivity (Wildman–Crippen MR) is 73.3 cm³/mol. The van der Waals surface area contributed by atoms with Gasteiger partial charge in [0.15, 0.2) is 0 Å². The number of nitrogens with one attached hydrogen (secondary N) is 1. The first-order valence-electron chi connectivity index (χ1n) is 5.56. The molecule has 0 aliphatic rings. The number of sulfone groups is 1. The molecule has 2 rings (SSSR count). The van der Waals surface area contributed by atoms with Crippen LogP contribution in [-0.2, 0) is 9.84 Å². The normalized spacial score (nSPS) is 10.3. The molecule has 0 aliphatic carbocycles. The Morgan fingerprint density at radius 3 is 1.28 bits per heavy atom. The van der Waals surface area contributed by atoms with Gasteiger partial charge in [-0.3, -0.25) is 0 Å². The maximum absolute atomic E-state index is 12.0. The fraction of sp³-hybridized carbons (Fsp3) is 0.143. The largest absolute Gasteiger partial charge is 0.323 e. The van der Waals surface area contributed by atoms with Crippen molar-refractivity contribution in [3.8, 4) is 0 Å². The number of hydrogen-bond donors (Lipinski definition) is 1. The average molecular weight is 263 g/mol. The molecule has 0 spiro atoms. The van der Waals surface area contributed by atoms with E-state index in [4.69, 9.17) is 0 Å². The van der Waals surface area contributed by atoms with E-state index in [1.165, 1.54) is 0 Å². The highest BCUT2D eigenvalue weighted by molar-refractivity contribution is 7.91. The fourth-order valence-corrected chi connectivity index (χ4v) is 2.64. The number of hydrogen-bond acceptors (Lipinski definition) is 3. The summed E-state index contributed by atoms with van der Waals surface area (Å²) in [6, 6.07) is 16.9. The minimum Gasteiger partial charge on any atom is -0.323 e. The van der Waals surface area contributed by atoms with Gasteiger partial charge in [0, 0.05) is 0 Å². The van der Waals surface area contributed by atoms with Crippen molar-refractivity contribution in [3.63, 3.8) is 0 Å². The van der Waals surface area contributed by atoms with Crippen molar-refractivity contribution in [1.82, 2.24) is 5.32 Å². The summed E-state index contributed by atoms with van der Waals surface area (Å²) in [4.78, 5) is 0.660. The molecule has 0 heterocycles. The van der Waals surface area contributed by atoms with E-state index in [9.17, 15) is 8.42 Å². The van der Waals surface area contributed by atoms with Gasteiger partial charge in [0.2, 0.25) is 9.84 Å². The quantitative estimate of drug-likeness (QED) is 0.904. The van der Waals surface area contributed by atoms with E-state index in [1.54, 1.807) is 60.7 Å². The van der Waals surface area contributed by atoms with Crippen LogP contribution in [0.1, 0.15) is 0 Å². The summed E-state index contributed by atoms with van der Waals surface area (Å²) in [5.74, 6) is 0. The zero-order valence-corrected chi connectivity index (χ0v) is 11.3. The summed E-state index contributed by atoms with van der Waals surface area (Å²) < 4.78 is 24.1. The van der Waals surface area contributed by atoms with Crippen molar-refractivity contribution < 1.29 is 8.42 Å². The predicted octanol–water partition coefficient (Wildman–Crippen LogP) is 2.36. The summed E-state index contributed by atoms with van der Waals surface area (Å²) in [6.45, 7) is 0. The second kappa shape index (κ2) is 6.93. The Labute approximate surface area is 108 Å². The molecule has 4 heteroatoms. The lowest BCUT2D eigenvalue weighted by Crippen LogP contribution is -2.00. The number of benzene rings is 2. The van der Waals surface area contributed by atoms with E-state index in [0.29, 0.717) is 9.79 Å². The maximum atomic E-state index is 12.0. The second-order valence-electron chi connectivity index (χ2n) is 3.63. The van der Waals surface area contributed by atoms with Gasteiger partial charge in [0.1, 0.15) is 0 Å². The fourth-order valence-electron chi connectivity index (χ4n) is 1.34. The summed E-state index contributed by atoms with van der Waals surface area (Å²) in [5.41, 5.74) is 0. The molecule has 0 fully saturated rings. The van der Waals surface area contributed by atoms with Gasteiger partial charge < -0.3 is 5.32 Å². The zero-order chi connectivity index (χ0) is 13.4. The van der Waals surface area contributed by atoms with Crippen molar-refractivity contribution in [2.75, 3.05) is 14.1 Å². The van der Waals surface area contributed by atoms with Crippen LogP contribution in [0.5, 0.6) is 0 Å². The smallest absolute Gasteiger partial charge is 0.206 e. The molecule has 2 aromatic carbocycles. The monoisotopic (exact) mass is 263 g/mol. The van der Waals surface area contributed by atoms with Crippen LogP contribution < -0.4 is 5.32 Å². The summed E-state index contributed by atoms with van der Waals surface area (Å²) in [6.07, 6.45) is 0. The molecule has 0 aromatic heterocycles. The van der Waals surface area contributed by atoms with E-state index in [0.717, 1.165) is 0 Å². The minimum atomic E-state index is -3.34. The van der Waals surface area contributed by atoms with E-state index in [1.807, 2.05) is 14.1 Å². The van der Waals surface area contributed by atoms with Gasteiger partial charge in [-0.25, -0.2) is 8.42 Å². The highest BCUT2D eigenvalue weighted by Crippen LogP contribution is 2.19. The topological polar surface area (TPSA) is 46.2 Å². The van der Waals surface area contributed by atoms with Crippen molar-refractivity contribution in [2.24, 2.45) is 0 Å². The van der Waals surface area contributed by atoms with E-state index in [-0.39, 0.29) is 0 Å². The molecule has 18 heavy (non-hydrogen) atoms. The molecular weight excluding hydrogens is 246 g/mol. The molecule has 0 radical (unpaired) electrons. The highest BCUT2D eigenvalue weighted by Gasteiger charge is 2.15. The third-order valence-electron chi connectivity index (χ3n) is 2.11. The van der Waals surface area contributed by atoms with Gasteiger partial charge in [0.25, 0.3) is 0 Å². The zero-order valence-electron chi connectivity index (χ0n) is 10.5. The van der Waals surface area contributed by atoms with Crippen LogP contribution in [0.2, 0.25) is 0 Å². The third kappa shape index (κ3) is 3.68. The lowest BCUT2D eigenvalue weighted by molar-refractivity contribution is 0.596. The first kappa shape index (κ1) is 14.4. The van der Waals surface area contributed by atoms with Gasteiger partial charge in [-0.15, -0.1) is 0 Å². The Hall–Kier alpha value is -1.65. The average Bonchev–Trinajstić information content (AvgIpc) is 2.42. The van der Waals surface area contributed by atoms with Crippen LogP contribution in [0.4, 0.5) is 0 Å². The molecule has 0 unspecified atom stereocenters. The van der Waals surface area contributed by atoms with Crippen LogP contribution in [0.3, 0.4) is 0 Å². The summed E-state index contributed by atoms with van der Waals surface area (Å²) in [5, 5.41) is 2.75. The molecule has 1 N–H and O–H groups in total. The molecule has 0 atom stereocenters. The summed E-state index contributed by atoms with van der Waals surface area (Å²) in [7, 11) is 0.411. The molecule has 3 nitrogen and oxygen atoms in total. The maximum Gasteiger partial charge on any atom is 0.206 e. The van der Waals surface area contributed by atoms with Crippen LogP contribution in [-0.4, -0.2) is 22.5 Å². The van der Waals surface area contributed by atoms with Crippen LogP contribution >= 0.6 is 0 Å². The minimum absolute atomic E-state index is 0.330. The number of rotatable bonds is 2. The molecule has 0 saturated heterocycles. The Morgan fingerprint density at radius 1 is 0.722 bits per heavy atom. The van der Waals surface area contributed by atoms with E-state index >= 15 is 0 Å². The second-order valence-corrected chi connectivity index (χ2v) is 5.58. The van der Waals surface area contributed by atoms with Crippen molar-refractivity contribution in [1.29, 1.82) is 0 Å². The molecule has 96 valence electrons. The highest BCUT2D eigenvalue weighted by atomic mass is 32.2. The molecule has 2 aromatic rings. The van der Waals surface area contributed by atoms with Crippen LogP contribution in [0.15, 0.2) is 70.5 Å². The molecule has 0 amide bonds. The molecule has 0 bridgehead atoms. The van der Waals surface area contributed by atoms with Gasteiger partial charge in [0.05, 0.1) is 9.79 Å². The van der Waals surface area contributed by atoms with Gasteiger partial charge in [-0.05, 0) is 38.4 Å².